The van der Waals surface area contributed by atoms with Gasteiger partial charge in [-0.05, 0) is 12.5 Å². The fraction of sp³-hybridized carbons (Fsp3) is 0.467. The maximum absolute atomic E-state index is 12.5. The molecule has 19 heavy (non-hydrogen) atoms. The lowest BCUT2D eigenvalue weighted by molar-refractivity contribution is -0.133. The molecule has 1 aliphatic rings. The standard InChI is InChI=1S/C15H20N2O2/c1-11-10-17(9-8-14(11)16-19)15(18)12(2)13-6-4-3-5-7-13/h3-7,11-12,19H,8-10H2,1-2H3/b16-14-. The maximum atomic E-state index is 12.5. The van der Waals surface area contributed by atoms with E-state index in [1.54, 1.807) is 0 Å². The van der Waals surface area contributed by atoms with E-state index in [1.165, 1.54) is 0 Å². The highest BCUT2D eigenvalue weighted by molar-refractivity contribution is 5.90. The normalized spacial score (nSPS) is 23.4. The van der Waals surface area contributed by atoms with Gasteiger partial charge < -0.3 is 10.1 Å². The van der Waals surface area contributed by atoms with Crippen LogP contribution in [0.4, 0.5) is 0 Å². The van der Waals surface area contributed by atoms with Crippen LogP contribution in [0.2, 0.25) is 0 Å². The number of piperidine rings is 1. The second-order valence-electron chi connectivity index (χ2n) is 5.16. The number of amides is 1. The van der Waals surface area contributed by atoms with Gasteiger partial charge in [-0.25, -0.2) is 0 Å². The van der Waals surface area contributed by atoms with Crippen LogP contribution in [-0.4, -0.2) is 34.8 Å². The topological polar surface area (TPSA) is 52.9 Å². The first kappa shape index (κ1) is 13.6. The number of carbonyl (C=O) groups is 1. The molecule has 1 heterocycles. The summed E-state index contributed by atoms with van der Waals surface area (Å²) in [5.41, 5.74) is 1.83. The number of likely N-dealkylation sites (tertiary alicyclic amines) is 1. The lowest BCUT2D eigenvalue weighted by Crippen LogP contribution is -2.44. The van der Waals surface area contributed by atoms with Crippen LogP contribution in [0.25, 0.3) is 0 Å². The third kappa shape index (κ3) is 2.95. The van der Waals surface area contributed by atoms with Gasteiger partial charge in [-0.1, -0.05) is 42.4 Å². The molecule has 4 nitrogen and oxygen atoms in total. The Kier molecular flexibility index (Phi) is 4.20. The Labute approximate surface area is 113 Å². The van der Waals surface area contributed by atoms with Crippen molar-refractivity contribution in [3.63, 3.8) is 0 Å². The summed E-state index contributed by atoms with van der Waals surface area (Å²) in [4.78, 5) is 14.3. The number of rotatable bonds is 2. The Bertz CT molecular complexity index is 470. The van der Waals surface area contributed by atoms with Crippen LogP contribution in [0.15, 0.2) is 35.5 Å². The van der Waals surface area contributed by atoms with Gasteiger partial charge in [0.05, 0.1) is 11.6 Å². The van der Waals surface area contributed by atoms with Crippen molar-refractivity contribution < 1.29 is 10.0 Å². The lowest BCUT2D eigenvalue weighted by atomic mass is 9.94. The summed E-state index contributed by atoms with van der Waals surface area (Å²) < 4.78 is 0. The summed E-state index contributed by atoms with van der Waals surface area (Å²) in [6, 6.07) is 9.82. The minimum Gasteiger partial charge on any atom is -0.411 e. The number of oxime groups is 1. The first-order chi connectivity index (χ1) is 9.13. The molecule has 1 aromatic carbocycles. The molecule has 1 saturated heterocycles. The van der Waals surface area contributed by atoms with Crippen molar-refractivity contribution >= 4 is 11.6 Å². The molecule has 102 valence electrons. The van der Waals surface area contributed by atoms with E-state index in [-0.39, 0.29) is 17.7 Å². The molecule has 1 N–H and O–H groups in total. The highest BCUT2D eigenvalue weighted by Gasteiger charge is 2.28. The van der Waals surface area contributed by atoms with Crippen molar-refractivity contribution in [2.24, 2.45) is 11.1 Å². The van der Waals surface area contributed by atoms with E-state index in [0.29, 0.717) is 19.5 Å². The van der Waals surface area contributed by atoms with Gasteiger partial charge in [-0.3, -0.25) is 4.79 Å². The lowest BCUT2D eigenvalue weighted by Gasteiger charge is -2.33. The van der Waals surface area contributed by atoms with E-state index in [1.807, 2.05) is 49.1 Å². The molecule has 2 rings (SSSR count). The second kappa shape index (κ2) is 5.87. The molecule has 0 bridgehead atoms. The van der Waals surface area contributed by atoms with Crippen LogP contribution >= 0.6 is 0 Å². The monoisotopic (exact) mass is 260 g/mol. The van der Waals surface area contributed by atoms with Crippen LogP contribution in [0.5, 0.6) is 0 Å². The number of benzene rings is 1. The summed E-state index contributed by atoms with van der Waals surface area (Å²) >= 11 is 0. The van der Waals surface area contributed by atoms with Crippen molar-refractivity contribution in [1.82, 2.24) is 4.90 Å². The van der Waals surface area contributed by atoms with Crippen molar-refractivity contribution in [3.05, 3.63) is 35.9 Å². The van der Waals surface area contributed by atoms with E-state index in [0.717, 1.165) is 11.3 Å². The zero-order valence-electron chi connectivity index (χ0n) is 11.4. The largest absolute Gasteiger partial charge is 0.411 e. The molecule has 1 amide bonds. The third-order valence-electron chi connectivity index (χ3n) is 3.81. The number of nitrogens with zero attached hydrogens (tertiary/aromatic N) is 2. The Morgan fingerprint density at radius 1 is 1.42 bits per heavy atom. The zero-order chi connectivity index (χ0) is 13.8. The Morgan fingerprint density at radius 3 is 2.68 bits per heavy atom. The van der Waals surface area contributed by atoms with Crippen LogP contribution < -0.4 is 0 Å². The Hall–Kier alpha value is -1.84. The molecule has 0 aliphatic carbocycles. The smallest absolute Gasteiger partial charge is 0.229 e. The van der Waals surface area contributed by atoms with Crippen molar-refractivity contribution in [1.29, 1.82) is 0 Å². The van der Waals surface area contributed by atoms with Crippen LogP contribution in [0.1, 0.15) is 31.7 Å². The van der Waals surface area contributed by atoms with E-state index >= 15 is 0 Å². The maximum Gasteiger partial charge on any atom is 0.229 e. The fourth-order valence-electron chi connectivity index (χ4n) is 2.53. The summed E-state index contributed by atoms with van der Waals surface area (Å²) in [6.45, 7) is 5.20. The predicted octanol–water partition coefficient (Wildman–Crippen LogP) is 2.49. The molecule has 1 fully saturated rings. The van der Waals surface area contributed by atoms with Crippen molar-refractivity contribution in [2.45, 2.75) is 26.2 Å². The highest BCUT2D eigenvalue weighted by atomic mass is 16.4. The molecular weight excluding hydrogens is 240 g/mol. The average Bonchev–Trinajstić information content (AvgIpc) is 2.46. The van der Waals surface area contributed by atoms with Crippen molar-refractivity contribution in [2.75, 3.05) is 13.1 Å². The molecule has 4 heteroatoms. The fourth-order valence-corrected chi connectivity index (χ4v) is 2.53. The van der Waals surface area contributed by atoms with Gasteiger partial charge in [0.25, 0.3) is 0 Å². The van der Waals surface area contributed by atoms with Crippen LogP contribution in [0.3, 0.4) is 0 Å². The third-order valence-corrected chi connectivity index (χ3v) is 3.81. The second-order valence-corrected chi connectivity index (χ2v) is 5.16. The van der Waals surface area contributed by atoms with Gasteiger partial charge in [0.2, 0.25) is 5.91 Å². The molecule has 1 aromatic rings. The summed E-state index contributed by atoms with van der Waals surface area (Å²) in [5.74, 6) is 0.154. The van der Waals surface area contributed by atoms with Gasteiger partial charge >= 0.3 is 0 Å². The first-order valence-electron chi connectivity index (χ1n) is 6.68. The van der Waals surface area contributed by atoms with Crippen molar-refractivity contribution in [3.8, 4) is 0 Å². The van der Waals surface area contributed by atoms with Crippen LogP contribution in [-0.2, 0) is 4.79 Å². The Balaban J connectivity index is 2.05. The minimum atomic E-state index is -0.124. The van der Waals surface area contributed by atoms with Gasteiger partial charge in [-0.2, -0.15) is 0 Å². The van der Waals surface area contributed by atoms with E-state index in [4.69, 9.17) is 5.21 Å². The summed E-state index contributed by atoms with van der Waals surface area (Å²) in [5, 5.41) is 12.2. The van der Waals surface area contributed by atoms with E-state index in [9.17, 15) is 4.79 Å². The molecule has 2 unspecified atom stereocenters. The van der Waals surface area contributed by atoms with E-state index < -0.39 is 0 Å². The van der Waals surface area contributed by atoms with Gasteiger partial charge in [0.1, 0.15) is 0 Å². The number of carbonyl (C=O) groups excluding carboxylic acids is 1. The van der Waals surface area contributed by atoms with Crippen LogP contribution in [0, 0.1) is 5.92 Å². The molecule has 1 aliphatic heterocycles. The average molecular weight is 260 g/mol. The predicted molar refractivity (Wildman–Crippen MR) is 74.4 cm³/mol. The van der Waals surface area contributed by atoms with E-state index in [2.05, 4.69) is 5.16 Å². The number of hydrogen-bond acceptors (Lipinski definition) is 3. The zero-order valence-corrected chi connectivity index (χ0v) is 11.4. The summed E-state index contributed by atoms with van der Waals surface area (Å²) in [6.07, 6.45) is 0.658. The molecule has 0 aromatic heterocycles. The molecule has 0 radical (unpaired) electrons. The van der Waals surface area contributed by atoms with Gasteiger partial charge in [-0.15, -0.1) is 0 Å². The Morgan fingerprint density at radius 2 is 2.11 bits per heavy atom. The SMILES string of the molecule is CC1CN(C(=O)C(C)c2ccccc2)CC/C1=N/O. The van der Waals surface area contributed by atoms with Gasteiger partial charge in [0.15, 0.2) is 0 Å². The van der Waals surface area contributed by atoms with Gasteiger partial charge in [0, 0.05) is 25.4 Å². The molecule has 0 spiro atoms. The molecule has 2 atom stereocenters. The molecular formula is C15H20N2O2. The minimum absolute atomic E-state index is 0.124. The summed E-state index contributed by atoms with van der Waals surface area (Å²) in [7, 11) is 0. The highest BCUT2D eigenvalue weighted by Crippen LogP contribution is 2.21. The molecule has 0 saturated carbocycles. The number of hydrogen-bond donors (Lipinski definition) is 1. The first-order valence-corrected chi connectivity index (χ1v) is 6.68. The quantitative estimate of drug-likeness (QED) is 0.656.